The number of phenolic OH excluding ortho intramolecular Hbond substituents is 2. The van der Waals surface area contributed by atoms with Gasteiger partial charge in [0.05, 0.1) is 6.61 Å². The lowest BCUT2D eigenvalue weighted by molar-refractivity contribution is -0.277. The van der Waals surface area contributed by atoms with Crippen molar-refractivity contribution in [1.82, 2.24) is 0 Å². The van der Waals surface area contributed by atoms with Crippen LogP contribution in [0.5, 0.6) is 17.2 Å². The van der Waals surface area contributed by atoms with Gasteiger partial charge in [-0.25, -0.2) is 0 Å². The normalized spacial score (nSPS) is 26.1. The Morgan fingerprint density at radius 1 is 0.935 bits per heavy atom. The topological polar surface area (TPSA) is 170 Å². The zero-order chi connectivity index (χ0) is 22.3. The van der Waals surface area contributed by atoms with E-state index in [9.17, 15) is 35.4 Å². The smallest absolute Gasteiger partial charge is 0.229 e. The second-order valence-corrected chi connectivity index (χ2v) is 7.15. The fraction of sp³-hybridized carbons (Fsp3) is 0.286. The molecule has 0 spiro atoms. The van der Waals surface area contributed by atoms with Crippen LogP contribution in [0.1, 0.15) is 0 Å². The molecule has 2 heterocycles. The molecule has 3 aromatic rings. The summed E-state index contributed by atoms with van der Waals surface area (Å²) >= 11 is 0. The minimum atomic E-state index is -1.65. The van der Waals surface area contributed by atoms with Crippen LogP contribution in [0.2, 0.25) is 0 Å². The molecule has 0 aliphatic carbocycles. The Kier molecular flexibility index (Phi) is 5.56. The molecule has 1 aliphatic rings. The molecule has 1 aliphatic heterocycles. The first-order valence-electron chi connectivity index (χ1n) is 9.36. The first-order chi connectivity index (χ1) is 14.8. The summed E-state index contributed by atoms with van der Waals surface area (Å²) in [7, 11) is 0. The second-order valence-electron chi connectivity index (χ2n) is 7.15. The van der Waals surface area contributed by atoms with Gasteiger partial charge >= 0.3 is 0 Å². The number of aliphatic hydroxyl groups is 4. The lowest BCUT2D eigenvalue weighted by Crippen LogP contribution is -2.60. The van der Waals surface area contributed by atoms with Crippen molar-refractivity contribution in [3.8, 4) is 28.6 Å². The van der Waals surface area contributed by atoms with Crippen LogP contribution in [0.15, 0.2) is 51.7 Å². The van der Waals surface area contributed by atoms with Gasteiger partial charge in [-0.15, -0.1) is 0 Å². The van der Waals surface area contributed by atoms with E-state index >= 15 is 0 Å². The number of aromatic hydroxyl groups is 2. The van der Waals surface area contributed by atoms with Gasteiger partial charge in [0.15, 0.2) is 5.43 Å². The number of fused-ring (bicyclic) bond motifs is 1. The predicted molar refractivity (Wildman–Crippen MR) is 106 cm³/mol. The van der Waals surface area contributed by atoms with Crippen molar-refractivity contribution >= 4 is 11.0 Å². The van der Waals surface area contributed by atoms with Gasteiger partial charge in [0, 0.05) is 23.8 Å². The molecule has 1 saturated heterocycles. The maximum absolute atomic E-state index is 12.5. The molecule has 4 rings (SSSR count). The summed E-state index contributed by atoms with van der Waals surface area (Å²) in [6.45, 7) is -0.626. The first-order valence-corrected chi connectivity index (χ1v) is 9.36. The lowest BCUT2D eigenvalue weighted by atomic mass is 9.99. The van der Waals surface area contributed by atoms with Crippen LogP contribution < -0.4 is 10.2 Å². The average Bonchev–Trinajstić information content (AvgIpc) is 2.74. The number of aliphatic hydroxyl groups excluding tert-OH is 4. The molecule has 10 heteroatoms. The van der Waals surface area contributed by atoms with Crippen LogP contribution in [0.4, 0.5) is 0 Å². The van der Waals surface area contributed by atoms with Gasteiger partial charge in [-0.2, -0.15) is 0 Å². The lowest BCUT2D eigenvalue weighted by Gasteiger charge is -2.39. The molecule has 31 heavy (non-hydrogen) atoms. The number of benzene rings is 2. The summed E-state index contributed by atoms with van der Waals surface area (Å²) in [5.41, 5.74) is -0.0204. The van der Waals surface area contributed by atoms with Gasteiger partial charge < -0.3 is 44.5 Å². The molecule has 5 atom stereocenters. The van der Waals surface area contributed by atoms with Crippen LogP contribution in [0.3, 0.4) is 0 Å². The van der Waals surface area contributed by atoms with E-state index in [1.165, 1.54) is 24.3 Å². The summed E-state index contributed by atoms with van der Waals surface area (Å²) in [6, 6.07) is 9.56. The van der Waals surface area contributed by atoms with Gasteiger partial charge in [-0.3, -0.25) is 4.79 Å². The molecule has 10 nitrogen and oxygen atoms in total. The van der Waals surface area contributed by atoms with E-state index < -0.39 is 48.5 Å². The molecule has 0 saturated carbocycles. The molecule has 0 radical (unpaired) electrons. The Bertz CT molecular complexity index is 1140. The highest BCUT2D eigenvalue weighted by Gasteiger charge is 2.44. The Labute approximate surface area is 174 Å². The number of ether oxygens (including phenoxy) is 2. The third kappa shape index (κ3) is 3.94. The van der Waals surface area contributed by atoms with Crippen molar-refractivity contribution in [3.05, 3.63) is 52.7 Å². The molecule has 0 bridgehead atoms. The highest BCUT2D eigenvalue weighted by molar-refractivity contribution is 5.86. The van der Waals surface area contributed by atoms with Crippen LogP contribution in [-0.4, -0.2) is 68.0 Å². The quantitative estimate of drug-likeness (QED) is 0.331. The molecular weight excluding hydrogens is 412 g/mol. The minimum absolute atomic E-state index is 0.0184. The van der Waals surface area contributed by atoms with Crippen molar-refractivity contribution in [2.24, 2.45) is 0 Å². The molecule has 1 fully saturated rings. The van der Waals surface area contributed by atoms with Crippen LogP contribution in [0.25, 0.3) is 22.3 Å². The SMILES string of the molecule is O=c1cc(-c2ccc(O)cc2)oc2cc(O[C@H]3O[C@@H](CO)[C@@H](O)[C@@H](O)[C@H]3O)cc(O)c12. The van der Waals surface area contributed by atoms with Gasteiger partial charge in [-0.1, -0.05) is 0 Å². The summed E-state index contributed by atoms with van der Waals surface area (Å²) in [4.78, 5) is 12.5. The molecule has 0 unspecified atom stereocenters. The monoisotopic (exact) mass is 432 g/mol. The van der Waals surface area contributed by atoms with E-state index in [4.69, 9.17) is 13.9 Å². The maximum atomic E-state index is 12.5. The van der Waals surface area contributed by atoms with Crippen molar-refractivity contribution in [2.45, 2.75) is 30.7 Å². The summed E-state index contributed by atoms with van der Waals surface area (Å²) in [6.07, 6.45) is -7.47. The second kappa shape index (κ2) is 8.17. The van der Waals surface area contributed by atoms with Crippen molar-refractivity contribution in [3.63, 3.8) is 0 Å². The molecule has 164 valence electrons. The molecule has 2 aromatic carbocycles. The van der Waals surface area contributed by atoms with Crippen LogP contribution in [0, 0.1) is 0 Å². The number of phenols is 2. The van der Waals surface area contributed by atoms with Crippen molar-refractivity contribution < 1.29 is 44.5 Å². The largest absolute Gasteiger partial charge is 0.508 e. The van der Waals surface area contributed by atoms with Gasteiger partial charge in [-0.05, 0) is 24.3 Å². The van der Waals surface area contributed by atoms with E-state index in [0.717, 1.165) is 6.07 Å². The van der Waals surface area contributed by atoms with E-state index in [2.05, 4.69) is 0 Å². The zero-order valence-corrected chi connectivity index (χ0v) is 16.0. The predicted octanol–water partition coefficient (Wildman–Crippen LogP) is 0.0499. The Balaban J connectivity index is 1.71. The van der Waals surface area contributed by atoms with Crippen molar-refractivity contribution in [2.75, 3.05) is 6.61 Å². The average molecular weight is 432 g/mol. The third-order valence-corrected chi connectivity index (χ3v) is 5.04. The van der Waals surface area contributed by atoms with E-state index in [-0.39, 0.29) is 28.2 Å². The fourth-order valence-corrected chi connectivity index (χ4v) is 3.38. The first kappa shape index (κ1) is 21.1. The van der Waals surface area contributed by atoms with Crippen molar-refractivity contribution in [1.29, 1.82) is 0 Å². The van der Waals surface area contributed by atoms with Gasteiger partial charge in [0.25, 0.3) is 0 Å². The third-order valence-electron chi connectivity index (χ3n) is 5.04. The Hall–Kier alpha value is -3.15. The minimum Gasteiger partial charge on any atom is -0.508 e. The zero-order valence-electron chi connectivity index (χ0n) is 16.0. The maximum Gasteiger partial charge on any atom is 0.229 e. The summed E-state index contributed by atoms with van der Waals surface area (Å²) in [5.74, 6) is -0.273. The standard InChI is InChI=1S/C21H20O10/c22-8-16-18(26)19(27)20(28)21(31-16)29-11-5-12(24)17-13(25)7-14(30-15(17)6-11)9-1-3-10(23)4-2-9/h1-7,16,18-24,26-28H,8H2/t16-,18+,19+,20+,21-/m0/s1. The van der Waals surface area contributed by atoms with E-state index in [1.807, 2.05) is 0 Å². The van der Waals surface area contributed by atoms with Gasteiger partial charge in [0.2, 0.25) is 6.29 Å². The molecule has 6 N–H and O–H groups in total. The Morgan fingerprint density at radius 2 is 1.65 bits per heavy atom. The Morgan fingerprint density at radius 3 is 2.32 bits per heavy atom. The highest BCUT2D eigenvalue weighted by atomic mass is 16.7. The molecule has 0 amide bonds. The molecule has 1 aromatic heterocycles. The van der Waals surface area contributed by atoms with E-state index in [0.29, 0.717) is 5.56 Å². The van der Waals surface area contributed by atoms with Crippen LogP contribution in [-0.2, 0) is 4.74 Å². The van der Waals surface area contributed by atoms with Crippen LogP contribution >= 0.6 is 0 Å². The highest BCUT2D eigenvalue weighted by Crippen LogP contribution is 2.33. The summed E-state index contributed by atoms with van der Waals surface area (Å²) < 4.78 is 16.5. The fourth-order valence-electron chi connectivity index (χ4n) is 3.38. The van der Waals surface area contributed by atoms with Gasteiger partial charge in [0.1, 0.15) is 58.4 Å². The summed E-state index contributed by atoms with van der Waals surface area (Å²) in [5, 5.41) is 58.8. The number of rotatable bonds is 4. The molecular formula is C21H20O10. The number of hydrogen-bond donors (Lipinski definition) is 6. The number of hydrogen-bond acceptors (Lipinski definition) is 10. The van der Waals surface area contributed by atoms with E-state index in [1.54, 1.807) is 12.1 Å².